The van der Waals surface area contributed by atoms with Gasteiger partial charge in [-0.3, -0.25) is 9.48 Å². The van der Waals surface area contributed by atoms with Gasteiger partial charge in [-0.1, -0.05) is 0 Å². The van der Waals surface area contributed by atoms with E-state index in [2.05, 4.69) is 23.0 Å². The lowest BCUT2D eigenvalue weighted by Crippen LogP contribution is -2.43. The Balaban J connectivity index is 2.83. The van der Waals surface area contributed by atoms with Crippen molar-refractivity contribution in [2.75, 3.05) is 19.0 Å². The van der Waals surface area contributed by atoms with E-state index in [1.807, 2.05) is 0 Å². The second kappa shape index (κ2) is 8.42. The summed E-state index contributed by atoms with van der Waals surface area (Å²) in [6.07, 6.45) is 0. The molecule has 0 aliphatic heterocycles. The van der Waals surface area contributed by atoms with E-state index in [0.717, 1.165) is 0 Å². The number of amides is 1. The number of esters is 2. The molecule has 1 rings (SSSR count). The lowest BCUT2D eigenvalue weighted by Gasteiger charge is -2.13. The molecule has 1 aromatic heterocycles. The molecule has 8 nitrogen and oxygen atoms in total. The van der Waals surface area contributed by atoms with Crippen LogP contribution in [0.15, 0.2) is 6.07 Å². The first-order valence-electron chi connectivity index (χ1n) is 6.74. The minimum absolute atomic E-state index is 0.00151. The molecule has 0 saturated carbocycles. The van der Waals surface area contributed by atoms with Crippen molar-refractivity contribution in [1.29, 1.82) is 0 Å². The predicted molar refractivity (Wildman–Crippen MR) is 80.9 cm³/mol. The summed E-state index contributed by atoms with van der Waals surface area (Å²) in [6, 6.07) is 0.414. The second-order valence-corrected chi connectivity index (χ2v) is 4.58. The van der Waals surface area contributed by atoms with Crippen molar-refractivity contribution in [1.82, 2.24) is 15.1 Å². The van der Waals surface area contributed by atoms with Crippen molar-refractivity contribution in [2.24, 2.45) is 7.05 Å². The van der Waals surface area contributed by atoms with Gasteiger partial charge in [0.2, 0.25) is 0 Å². The smallest absolute Gasteiger partial charge is 0.356 e. The van der Waals surface area contributed by atoms with Gasteiger partial charge in [-0.05, 0) is 13.8 Å². The fourth-order valence-corrected chi connectivity index (χ4v) is 1.87. The van der Waals surface area contributed by atoms with Gasteiger partial charge in [0.1, 0.15) is 11.7 Å². The van der Waals surface area contributed by atoms with E-state index in [-0.39, 0.29) is 30.4 Å². The third-order valence-electron chi connectivity index (χ3n) is 2.66. The molecular weight excluding hydrogens is 310 g/mol. The molecule has 0 spiro atoms. The number of carbonyl (C=O) groups is 3. The minimum Gasteiger partial charge on any atom is -0.464 e. The molecular formula is C13H19N3O5S. The minimum atomic E-state index is -0.885. The number of aryl methyl sites for hydroxylation is 1. The standard InChI is InChI=1S/C13H19N3O5S/c1-4-20-12(18)9(7-22)14-11(17)8-6-10(16(3)15-8)13(19)21-5-2/h6,9,22H,4-5,7H2,1-3H3,(H,14,17)/t9-/m0/s1. The highest BCUT2D eigenvalue weighted by Crippen LogP contribution is 2.06. The average Bonchev–Trinajstić information content (AvgIpc) is 2.87. The average molecular weight is 329 g/mol. The molecule has 0 aromatic carbocycles. The summed E-state index contributed by atoms with van der Waals surface area (Å²) in [5.41, 5.74) is 0.146. The lowest BCUT2D eigenvalue weighted by atomic mass is 10.3. The molecule has 22 heavy (non-hydrogen) atoms. The summed E-state index contributed by atoms with van der Waals surface area (Å²) in [4.78, 5) is 35.4. The van der Waals surface area contributed by atoms with E-state index in [9.17, 15) is 14.4 Å². The Morgan fingerprint density at radius 3 is 2.50 bits per heavy atom. The van der Waals surface area contributed by atoms with Crippen LogP contribution in [0.3, 0.4) is 0 Å². The highest BCUT2D eigenvalue weighted by Gasteiger charge is 2.24. The number of thiol groups is 1. The van der Waals surface area contributed by atoms with E-state index < -0.39 is 23.9 Å². The van der Waals surface area contributed by atoms with Crippen LogP contribution in [0.2, 0.25) is 0 Å². The zero-order valence-electron chi connectivity index (χ0n) is 12.7. The predicted octanol–water partition coefficient (Wildman–Crippen LogP) is 0.188. The van der Waals surface area contributed by atoms with E-state index in [4.69, 9.17) is 9.47 Å². The van der Waals surface area contributed by atoms with Gasteiger partial charge in [-0.15, -0.1) is 0 Å². The van der Waals surface area contributed by atoms with Crippen LogP contribution < -0.4 is 5.32 Å². The molecule has 0 bridgehead atoms. The summed E-state index contributed by atoms with van der Waals surface area (Å²) in [6.45, 7) is 3.77. The Kier molecular flexibility index (Phi) is 6.90. The maximum Gasteiger partial charge on any atom is 0.356 e. The third-order valence-corrected chi connectivity index (χ3v) is 3.02. The molecule has 0 unspecified atom stereocenters. The van der Waals surface area contributed by atoms with Crippen LogP contribution in [-0.2, 0) is 21.3 Å². The van der Waals surface area contributed by atoms with Crippen LogP contribution in [0.5, 0.6) is 0 Å². The number of nitrogens with one attached hydrogen (secondary N) is 1. The summed E-state index contributed by atoms with van der Waals surface area (Å²) < 4.78 is 10.9. The Bertz CT molecular complexity index is 558. The largest absolute Gasteiger partial charge is 0.464 e. The summed E-state index contributed by atoms with van der Waals surface area (Å²) >= 11 is 4.01. The highest BCUT2D eigenvalue weighted by molar-refractivity contribution is 7.80. The molecule has 1 N–H and O–H groups in total. The second-order valence-electron chi connectivity index (χ2n) is 4.22. The van der Waals surface area contributed by atoms with Crippen molar-refractivity contribution in [2.45, 2.75) is 19.9 Å². The lowest BCUT2D eigenvalue weighted by molar-refractivity contribution is -0.144. The number of ether oxygens (including phenoxy) is 2. The number of aromatic nitrogens is 2. The molecule has 0 aliphatic rings. The summed E-state index contributed by atoms with van der Waals surface area (Å²) in [5.74, 6) is -1.67. The molecule has 0 saturated heterocycles. The number of nitrogens with zero attached hydrogens (tertiary/aromatic N) is 2. The van der Waals surface area contributed by atoms with Crippen LogP contribution >= 0.6 is 12.6 Å². The zero-order valence-corrected chi connectivity index (χ0v) is 13.6. The SMILES string of the molecule is CCOC(=O)c1cc(C(=O)N[C@@H](CS)C(=O)OCC)nn1C. The number of hydrogen-bond donors (Lipinski definition) is 2. The monoisotopic (exact) mass is 329 g/mol. The van der Waals surface area contributed by atoms with Crippen molar-refractivity contribution in [3.05, 3.63) is 17.5 Å². The molecule has 0 aliphatic carbocycles. The van der Waals surface area contributed by atoms with Gasteiger partial charge in [-0.25, -0.2) is 9.59 Å². The van der Waals surface area contributed by atoms with E-state index in [0.29, 0.717) is 0 Å². The molecule has 1 amide bonds. The van der Waals surface area contributed by atoms with Crippen molar-refractivity contribution < 1.29 is 23.9 Å². The maximum absolute atomic E-state index is 12.1. The van der Waals surface area contributed by atoms with Gasteiger partial charge in [-0.2, -0.15) is 17.7 Å². The van der Waals surface area contributed by atoms with Gasteiger partial charge in [0, 0.05) is 18.9 Å². The fourth-order valence-electron chi connectivity index (χ4n) is 1.63. The molecule has 9 heteroatoms. The molecule has 122 valence electrons. The molecule has 0 fully saturated rings. The summed E-state index contributed by atoms with van der Waals surface area (Å²) in [5, 5.41) is 6.39. The zero-order chi connectivity index (χ0) is 16.7. The number of hydrogen-bond acceptors (Lipinski definition) is 7. The number of carbonyl (C=O) groups excluding carboxylic acids is 3. The molecule has 1 heterocycles. The van der Waals surface area contributed by atoms with Crippen molar-refractivity contribution in [3.63, 3.8) is 0 Å². The maximum atomic E-state index is 12.1. The Morgan fingerprint density at radius 2 is 1.95 bits per heavy atom. The Labute approximate surface area is 133 Å². The summed E-state index contributed by atoms with van der Waals surface area (Å²) in [7, 11) is 1.52. The third kappa shape index (κ3) is 4.48. The van der Waals surface area contributed by atoms with Crippen molar-refractivity contribution >= 4 is 30.5 Å². The Morgan fingerprint density at radius 1 is 1.32 bits per heavy atom. The van der Waals surface area contributed by atoms with E-state index >= 15 is 0 Å². The van der Waals surface area contributed by atoms with Gasteiger partial charge >= 0.3 is 11.9 Å². The molecule has 0 radical (unpaired) electrons. The van der Waals surface area contributed by atoms with Gasteiger partial charge < -0.3 is 14.8 Å². The first-order chi connectivity index (χ1) is 10.4. The van der Waals surface area contributed by atoms with Gasteiger partial charge in [0.15, 0.2) is 5.69 Å². The van der Waals surface area contributed by atoms with Crippen LogP contribution in [0.25, 0.3) is 0 Å². The van der Waals surface area contributed by atoms with Crippen LogP contribution in [-0.4, -0.2) is 52.6 Å². The molecule has 1 aromatic rings. The quantitative estimate of drug-likeness (QED) is 0.547. The van der Waals surface area contributed by atoms with Crippen LogP contribution in [0.4, 0.5) is 0 Å². The van der Waals surface area contributed by atoms with E-state index in [1.54, 1.807) is 13.8 Å². The van der Waals surface area contributed by atoms with Crippen LogP contribution in [0.1, 0.15) is 34.8 Å². The van der Waals surface area contributed by atoms with Gasteiger partial charge in [0.25, 0.3) is 5.91 Å². The first kappa shape index (κ1) is 18.0. The topological polar surface area (TPSA) is 99.5 Å². The highest BCUT2D eigenvalue weighted by atomic mass is 32.1. The van der Waals surface area contributed by atoms with Gasteiger partial charge in [0.05, 0.1) is 13.2 Å². The van der Waals surface area contributed by atoms with Crippen LogP contribution in [0, 0.1) is 0 Å². The molecule has 1 atom stereocenters. The normalized spacial score (nSPS) is 11.6. The first-order valence-corrected chi connectivity index (χ1v) is 7.37. The Hall–Kier alpha value is -2.03. The number of rotatable bonds is 7. The van der Waals surface area contributed by atoms with E-state index in [1.165, 1.54) is 17.8 Å². The van der Waals surface area contributed by atoms with Crippen molar-refractivity contribution in [3.8, 4) is 0 Å². The fraction of sp³-hybridized carbons (Fsp3) is 0.538.